The zero-order valence-electron chi connectivity index (χ0n) is 18.7. The highest BCUT2D eigenvalue weighted by Crippen LogP contribution is 2.46. The monoisotopic (exact) mass is 544 g/mol. The molecule has 1 aliphatic rings. The minimum absolute atomic E-state index is 0.0768. The van der Waals surface area contributed by atoms with Gasteiger partial charge in [-0.1, -0.05) is 6.92 Å². The average molecular weight is 545 g/mol. The summed E-state index contributed by atoms with van der Waals surface area (Å²) in [7, 11) is 0. The van der Waals surface area contributed by atoms with Gasteiger partial charge in [-0.25, -0.2) is 14.8 Å². The smallest absolute Gasteiger partial charge is 0.416 e. The Balaban J connectivity index is 2.00. The van der Waals surface area contributed by atoms with Gasteiger partial charge in [0.25, 0.3) is 0 Å². The van der Waals surface area contributed by atoms with Crippen molar-refractivity contribution in [3.63, 3.8) is 0 Å². The number of anilines is 1. The van der Waals surface area contributed by atoms with Crippen molar-refractivity contribution in [3.8, 4) is 0 Å². The lowest BCUT2D eigenvalue weighted by Crippen LogP contribution is -2.62. The summed E-state index contributed by atoms with van der Waals surface area (Å²) in [5.74, 6) is -1.61. The standard InChI is InChI=1S/C22H24BrF3N4O4/c1-4-21(27)8-15(18(31)34-20(2,3)9-17-28-10-13(23)11-29-17)14-7-12(22(24,25)26)5-6-16(14)30(21)19(32)33/h5-7,10-11,15H,4,8-9,27H2,1-3H3,(H,32,33)/t15-,21+/m0/s1. The van der Waals surface area contributed by atoms with Crippen LogP contribution in [0.15, 0.2) is 35.1 Å². The Morgan fingerprint density at radius 3 is 2.44 bits per heavy atom. The molecule has 2 heterocycles. The van der Waals surface area contributed by atoms with E-state index in [0.29, 0.717) is 10.3 Å². The van der Waals surface area contributed by atoms with E-state index in [0.717, 1.165) is 23.1 Å². The third-order valence-electron chi connectivity index (χ3n) is 5.70. The van der Waals surface area contributed by atoms with Crippen molar-refractivity contribution in [2.24, 2.45) is 5.73 Å². The molecule has 1 aromatic carbocycles. The molecular formula is C22H24BrF3N4O4. The van der Waals surface area contributed by atoms with Gasteiger partial charge >= 0.3 is 18.2 Å². The number of rotatable bonds is 5. The molecule has 0 bridgehead atoms. The SMILES string of the molecule is CC[C@]1(N)C[C@H](C(=O)OC(C)(C)Cc2ncc(Br)cn2)c2cc(C(F)(F)F)ccc2N1C(=O)O. The van der Waals surface area contributed by atoms with E-state index in [9.17, 15) is 27.9 Å². The molecule has 3 rings (SSSR count). The number of carbonyl (C=O) groups is 2. The molecule has 1 amide bonds. The first kappa shape index (κ1) is 25.9. The van der Waals surface area contributed by atoms with E-state index in [1.165, 1.54) is 0 Å². The summed E-state index contributed by atoms with van der Waals surface area (Å²) in [6.45, 7) is 4.90. The van der Waals surface area contributed by atoms with Crippen molar-refractivity contribution in [2.45, 2.75) is 63.4 Å². The number of fused-ring (bicyclic) bond motifs is 1. The number of amides is 1. The van der Waals surface area contributed by atoms with Gasteiger partial charge in [0.2, 0.25) is 0 Å². The maximum absolute atomic E-state index is 13.4. The fourth-order valence-corrected chi connectivity index (χ4v) is 4.21. The molecule has 0 fully saturated rings. The number of benzene rings is 1. The summed E-state index contributed by atoms with van der Waals surface area (Å²) in [6.07, 6.45) is -2.99. The molecule has 3 N–H and O–H groups in total. The Hall–Kier alpha value is -2.73. The number of carbonyl (C=O) groups excluding carboxylic acids is 1. The van der Waals surface area contributed by atoms with E-state index in [4.69, 9.17) is 10.5 Å². The van der Waals surface area contributed by atoms with Gasteiger partial charge in [-0.3, -0.25) is 9.69 Å². The second kappa shape index (κ2) is 9.14. The van der Waals surface area contributed by atoms with Crippen molar-refractivity contribution < 1.29 is 32.6 Å². The molecule has 0 aliphatic carbocycles. The van der Waals surface area contributed by atoms with Gasteiger partial charge in [0.1, 0.15) is 17.1 Å². The summed E-state index contributed by atoms with van der Waals surface area (Å²) in [5, 5.41) is 9.77. The van der Waals surface area contributed by atoms with Crippen molar-refractivity contribution in [2.75, 3.05) is 4.90 Å². The molecule has 8 nitrogen and oxygen atoms in total. The highest BCUT2D eigenvalue weighted by atomic mass is 79.9. The Kier molecular flexibility index (Phi) is 6.96. The van der Waals surface area contributed by atoms with Crippen LogP contribution in [0.2, 0.25) is 0 Å². The van der Waals surface area contributed by atoms with Crippen LogP contribution in [-0.4, -0.2) is 38.4 Å². The molecule has 0 saturated heterocycles. The molecule has 34 heavy (non-hydrogen) atoms. The Morgan fingerprint density at radius 1 is 1.29 bits per heavy atom. The number of nitrogens with zero attached hydrogens (tertiary/aromatic N) is 3. The minimum atomic E-state index is -4.68. The Morgan fingerprint density at radius 2 is 1.91 bits per heavy atom. The van der Waals surface area contributed by atoms with Crippen LogP contribution in [0.25, 0.3) is 0 Å². The minimum Gasteiger partial charge on any atom is -0.465 e. The van der Waals surface area contributed by atoms with Crippen molar-refractivity contribution in [1.29, 1.82) is 0 Å². The first-order valence-electron chi connectivity index (χ1n) is 10.4. The highest BCUT2D eigenvalue weighted by molar-refractivity contribution is 9.10. The molecule has 184 valence electrons. The highest BCUT2D eigenvalue weighted by Gasteiger charge is 2.48. The molecule has 1 aromatic heterocycles. The van der Waals surface area contributed by atoms with Gasteiger partial charge < -0.3 is 15.6 Å². The van der Waals surface area contributed by atoms with Gasteiger partial charge in [-0.05, 0) is 60.0 Å². The second-order valence-corrected chi connectivity index (χ2v) is 9.69. The quantitative estimate of drug-likeness (QED) is 0.516. The van der Waals surface area contributed by atoms with Gasteiger partial charge in [0, 0.05) is 25.2 Å². The van der Waals surface area contributed by atoms with Gasteiger partial charge in [0.15, 0.2) is 0 Å². The van der Waals surface area contributed by atoms with Crippen LogP contribution >= 0.6 is 15.9 Å². The van der Waals surface area contributed by atoms with Crippen molar-refractivity contribution in [3.05, 3.63) is 52.0 Å². The topological polar surface area (TPSA) is 119 Å². The van der Waals surface area contributed by atoms with Crippen LogP contribution in [-0.2, 0) is 22.1 Å². The van der Waals surface area contributed by atoms with Crippen LogP contribution in [0, 0.1) is 0 Å². The third-order valence-corrected chi connectivity index (χ3v) is 6.11. The fraction of sp³-hybridized carbons (Fsp3) is 0.455. The number of esters is 1. The number of ether oxygens (including phenoxy) is 1. The summed E-state index contributed by atoms with van der Waals surface area (Å²) in [6, 6.07) is 2.59. The van der Waals surface area contributed by atoms with Crippen molar-refractivity contribution in [1.82, 2.24) is 9.97 Å². The maximum Gasteiger partial charge on any atom is 0.416 e. The number of hydrogen-bond donors (Lipinski definition) is 2. The van der Waals surface area contributed by atoms with E-state index in [-0.39, 0.29) is 30.5 Å². The first-order valence-corrected chi connectivity index (χ1v) is 11.2. The molecular weight excluding hydrogens is 521 g/mol. The molecule has 0 radical (unpaired) electrons. The van der Waals surface area contributed by atoms with Gasteiger partial charge in [-0.2, -0.15) is 13.2 Å². The normalized spacial score (nSPS) is 20.6. The van der Waals surface area contributed by atoms with Crippen LogP contribution in [0.4, 0.5) is 23.7 Å². The lowest BCUT2D eigenvalue weighted by atomic mass is 9.80. The lowest BCUT2D eigenvalue weighted by Gasteiger charge is -2.46. The van der Waals surface area contributed by atoms with Crippen LogP contribution < -0.4 is 10.6 Å². The first-order chi connectivity index (χ1) is 15.7. The summed E-state index contributed by atoms with van der Waals surface area (Å²) in [5.41, 5.74) is 2.57. The zero-order chi connectivity index (χ0) is 25.5. The second-order valence-electron chi connectivity index (χ2n) is 8.78. The predicted octanol–water partition coefficient (Wildman–Crippen LogP) is 4.86. The molecule has 2 atom stereocenters. The Bertz CT molecular complexity index is 1090. The van der Waals surface area contributed by atoms with Crippen molar-refractivity contribution >= 4 is 33.7 Å². The Labute approximate surface area is 202 Å². The third kappa shape index (κ3) is 5.33. The van der Waals surface area contributed by atoms with E-state index in [1.807, 2.05) is 0 Å². The van der Waals surface area contributed by atoms with Crippen LogP contribution in [0.3, 0.4) is 0 Å². The van der Waals surface area contributed by atoms with E-state index in [2.05, 4.69) is 25.9 Å². The number of alkyl halides is 3. The molecule has 1 aliphatic heterocycles. The number of hydrogen-bond acceptors (Lipinski definition) is 6. The summed E-state index contributed by atoms with van der Waals surface area (Å²) >= 11 is 3.24. The van der Waals surface area contributed by atoms with E-state index < -0.39 is 41.0 Å². The predicted molar refractivity (Wildman–Crippen MR) is 120 cm³/mol. The molecule has 2 aromatic rings. The molecule has 0 spiro atoms. The maximum atomic E-state index is 13.4. The van der Waals surface area contributed by atoms with Gasteiger partial charge in [-0.15, -0.1) is 0 Å². The van der Waals surface area contributed by atoms with E-state index in [1.54, 1.807) is 33.2 Å². The molecule has 0 saturated carbocycles. The fourth-order valence-electron chi connectivity index (χ4n) is 4.01. The number of aromatic nitrogens is 2. The average Bonchev–Trinajstić information content (AvgIpc) is 2.72. The van der Waals surface area contributed by atoms with Crippen LogP contribution in [0.1, 0.15) is 56.5 Å². The summed E-state index contributed by atoms with van der Waals surface area (Å²) in [4.78, 5) is 34.4. The van der Waals surface area contributed by atoms with Gasteiger partial charge in [0.05, 0.1) is 21.6 Å². The zero-order valence-corrected chi connectivity index (χ0v) is 20.3. The molecule has 0 unspecified atom stereocenters. The summed E-state index contributed by atoms with van der Waals surface area (Å²) < 4.78 is 46.6. The lowest BCUT2D eigenvalue weighted by molar-refractivity contribution is -0.159. The van der Waals surface area contributed by atoms with Crippen LogP contribution in [0.5, 0.6) is 0 Å². The van der Waals surface area contributed by atoms with E-state index >= 15 is 0 Å². The number of carboxylic acid groups (broad SMARTS) is 1. The molecule has 12 heteroatoms. The number of halogens is 4. The largest absolute Gasteiger partial charge is 0.465 e. The number of nitrogens with two attached hydrogens (primary N) is 1.